The average Bonchev–Trinajstić information content (AvgIpc) is 2.46. The maximum Gasteiger partial charge on any atom is 0.143 e. The third-order valence-electron chi connectivity index (χ3n) is 2.93. The Morgan fingerprint density at radius 2 is 2.22 bits per heavy atom. The zero-order valence-corrected chi connectivity index (χ0v) is 11.0. The number of nitrogens with zero attached hydrogens (tertiary/aromatic N) is 1. The molecule has 0 spiro atoms. The van der Waals surface area contributed by atoms with E-state index in [0.29, 0.717) is 6.61 Å². The number of amidine groups is 1. The monoisotopic (exact) mass is 248 g/mol. The van der Waals surface area contributed by atoms with Gasteiger partial charge in [0.05, 0.1) is 7.11 Å². The van der Waals surface area contributed by atoms with Gasteiger partial charge in [-0.2, -0.15) is 0 Å². The fourth-order valence-corrected chi connectivity index (χ4v) is 2.09. The van der Waals surface area contributed by atoms with Crippen LogP contribution >= 0.6 is 0 Å². The van der Waals surface area contributed by atoms with Crippen molar-refractivity contribution in [1.29, 1.82) is 0 Å². The highest BCUT2D eigenvalue weighted by Crippen LogP contribution is 2.28. The molecule has 0 bridgehead atoms. The SMILES string of the molecule is CCO[C@H](C1=NCCCN1)c1ccccc1OC. The maximum atomic E-state index is 5.84. The Hall–Kier alpha value is -1.55. The van der Waals surface area contributed by atoms with Crippen LogP contribution in [0, 0.1) is 0 Å². The van der Waals surface area contributed by atoms with Crippen LogP contribution in [0.15, 0.2) is 29.3 Å². The number of hydrogen-bond donors (Lipinski definition) is 1. The highest BCUT2D eigenvalue weighted by molar-refractivity contribution is 5.88. The van der Waals surface area contributed by atoms with Crippen molar-refractivity contribution in [3.05, 3.63) is 29.8 Å². The lowest BCUT2D eigenvalue weighted by Crippen LogP contribution is -2.35. The van der Waals surface area contributed by atoms with Gasteiger partial charge >= 0.3 is 0 Å². The molecule has 1 N–H and O–H groups in total. The highest BCUT2D eigenvalue weighted by Gasteiger charge is 2.23. The summed E-state index contributed by atoms with van der Waals surface area (Å²) in [4.78, 5) is 4.53. The number of para-hydroxylation sites is 1. The van der Waals surface area contributed by atoms with Crippen LogP contribution in [0.4, 0.5) is 0 Å². The van der Waals surface area contributed by atoms with Crippen LogP contribution in [0.2, 0.25) is 0 Å². The van der Waals surface area contributed by atoms with Crippen LogP contribution in [0.25, 0.3) is 0 Å². The first-order valence-corrected chi connectivity index (χ1v) is 6.39. The number of ether oxygens (including phenoxy) is 2. The second kappa shape index (κ2) is 6.40. The van der Waals surface area contributed by atoms with Gasteiger partial charge < -0.3 is 14.8 Å². The van der Waals surface area contributed by atoms with Crippen LogP contribution in [0.3, 0.4) is 0 Å². The Labute approximate surface area is 108 Å². The van der Waals surface area contributed by atoms with Crippen LogP contribution in [0.1, 0.15) is 25.0 Å². The Balaban J connectivity index is 2.31. The standard InChI is InChI=1S/C14H20N2O2/c1-3-18-13(14-15-9-6-10-16-14)11-7-4-5-8-12(11)17-2/h4-5,7-8,13H,3,6,9-10H2,1-2H3,(H,15,16)/t13-/m0/s1. The molecule has 0 saturated heterocycles. The molecular formula is C14H20N2O2. The predicted octanol–water partition coefficient (Wildman–Crippen LogP) is 2.16. The van der Waals surface area contributed by atoms with Gasteiger partial charge in [0, 0.05) is 25.3 Å². The molecule has 4 heteroatoms. The Morgan fingerprint density at radius 3 is 2.89 bits per heavy atom. The molecule has 4 nitrogen and oxygen atoms in total. The van der Waals surface area contributed by atoms with Crippen LogP contribution < -0.4 is 10.1 Å². The summed E-state index contributed by atoms with van der Waals surface area (Å²) in [6.07, 6.45) is 0.917. The van der Waals surface area contributed by atoms with Crippen molar-refractivity contribution in [3.63, 3.8) is 0 Å². The first-order chi connectivity index (χ1) is 8.86. The largest absolute Gasteiger partial charge is 0.496 e. The first kappa shape index (κ1) is 12.9. The lowest BCUT2D eigenvalue weighted by molar-refractivity contribution is 0.105. The molecule has 1 heterocycles. The van der Waals surface area contributed by atoms with E-state index >= 15 is 0 Å². The average molecular weight is 248 g/mol. The van der Waals surface area contributed by atoms with Crippen molar-refractivity contribution < 1.29 is 9.47 Å². The summed E-state index contributed by atoms with van der Waals surface area (Å²) in [6, 6.07) is 7.93. The van der Waals surface area contributed by atoms with Crippen molar-refractivity contribution in [2.45, 2.75) is 19.4 Å². The Kier molecular flexibility index (Phi) is 4.59. The molecule has 0 radical (unpaired) electrons. The first-order valence-electron chi connectivity index (χ1n) is 6.39. The number of methoxy groups -OCH3 is 1. The molecule has 1 aromatic rings. The van der Waals surface area contributed by atoms with E-state index in [0.717, 1.165) is 36.7 Å². The molecule has 0 saturated carbocycles. The second-order valence-electron chi connectivity index (χ2n) is 4.12. The summed E-state index contributed by atoms with van der Waals surface area (Å²) in [7, 11) is 1.68. The third kappa shape index (κ3) is 2.82. The van der Waals surface area contributed by atoms with Crippen molar-refractivity contribution in [3.8, 4) is 5.75 Å². The Bertz CT molecular complexity index is 418. The normalized spacial score (nSPS) is 16.7. The molecule has 1 aliphatic heterocycles. The van der Waals surface area contributed by atoms with Gasteiger partial charge in [-0.05, 0) is 19.4 Å². The second-order valence-corrected chi connectivity index (χ2v) is 4.12. The fourth-order valence-electron chi connectivity index (χ4n) is 2.09. The van der Waals surface area contributed by atoms with Gasteiger partial charge in [0.1, 0.15) is 17.7 Å². The Morgan fingerprint density at radius 1 is 1.39 bits per heavy atom. The molecule has 0 aliphatic carbocycles. The van der Waals surface area contributed by atoms with E-state index in [1.165, 1.54) is 0 Å². The topological polar surface area (TPSA) is 42.8 Å². The van der Waals surface area contributed by atoms with Gasteiger partial charge in [-0.15, -0.1) is 0 Å². The van der Waals surface area contributed by atoms with Gasteiger partial charge in [0.2, 0.25) is 0 Å². The van der Waals surface area contributed by atoms with Crippen LogP contribution in [0.5, 0.6) is 5.75 Å². The molecule has 0 aromatic heterocycles. The number of aliphatic imine (C=N–C) groups is 1. The lowest BCUT2D eigenvalue weighted by Gasteiger charge is -2.24. The zero-order chi connectivity index (χ0) is 12.8. The molecule has 98 valence electrons. The minimum atomic E-state index is -0.161. The summed E-state index contributed by atoms with van der Waals surface area (Å²) in [5.74, 6) is 1.75. The van der Waals surface area contributed by atoms with E-state index in [9.17, 15) is 0 Å². The van der Waals surface area contributed by atoms with Gasteiger partial charge in [0.25, 0.3) is 0 Å². The molecule has 18 heavy (non-hydrogen) atoms. The molecular weight excluding hydrogens is 228 g/mol. The predicted molar refractivity (Wildman–Crippen MR) is 72.3 cm³/mol. The molecule has 0 amide bonds. The number of hydrogen-bond acceptors (Lipinski definition) is 4. The van der Waals surface area contributed by atoms with E-state index in [-0.39, 0.29) is 6.10 Å². The van der Waals surface area contributed by atoms with Crippen molar-refractivity contribution in [2.24, 2.45) is 4.99 Å². The molecule has 0 unspecified atom stereocenters. The lowest BCUT2D eigenvalue weighted by atomic mass is 10.1. The van der Waals surface area contributed by atoms with Gasteiger partial charge in [-0.25, -0.2) is 0 Å². The maximum absolute atomic E-state index is 5.84. The zero-order valence-electron chi connectivity index (χ0n) is 11.0. The number of nitrogens with one attached hydrogen (secondary N) is 1. The highest BCUT2D eigenvalue weighted by atomic mass is 16.5. The molecule has 1 atom stereocenters. The summed E-state index contributed by atoms with van der Waals surface area (Å²) < 4.78 is 11.2. The minimum Gasteiger partial charge on any atom is -0.496 e. The summed E-state index contributed by atoms with van der Waals surface area (Å²) >= 11 is 0. The van der Waals surface area contributed by atoms with E-state index < -0.39 is 0 Å². The van der Waals surface area contributed by atoms with Crippen molar-refractivity contribution in [2.75, 3.05) is 26.8 Å². The van der Waals surface area contributed by atoms with Crippen molar-refractivity contribution >= 4 is 5.84 Å². The van der Waals surface area contributed by atoms with Crippen molar-refractivity contribution in [1.82, 2.24) is 5.32 Å². The summed E-state index contributed by atoms with van der Waals surface area (Å²) in [5, 5.41) is 3.32. The molecule has 0 fully saturated rings. The van der Waals surface area contributed by atoms with E-state index in [1.54, 1.807) is 7.11 Å². The fraction of sp³-hybridized carbons (Fsp3) is 0.500. The van der Waals surface area contributed by atoms with E-state index in [4.69, 9.17) is 9.47 Å². The third-order valence-corrected chi connectivity index (χ3v) is 2.93. The number of rotatable bonds is 5. The number of benzene rings is 1. The van der Waals surface area contributed by atoms with Gasteiger partial charge in [-0.1, -0.05) is 18.2 Å². The quantitative estimate of drug-likeness (QED) is 0.868. The molecule has 1 aromatic carbocycles. The minimum absolute atomic E-state index is 0.161. The molecule has 1 aliphatic rings. The van der Waals surface area contributed by atoms with Crippen LogP contribution in [-0.4, -0.2) is 32.6 Å². The summed E-state index contributed by atoms with van der Waals surface area (Å²) in [5.41, 5.74) is 1.02. The van der Waals surface area contributed by atoms with Gasteiger partial charge in [-0.3, -0.25) is 4.99 Å². The van der Waals surface area contributed by atoms with E-state index in [2.05, 4.69) is 10.3 Å². The summed E-state index contributed by atoms with van der Waals surface area (Å²) in [6.45, 7) is 4.45. The van der Waals surface area contributed by atoms with E-state index in [1.807, 2.05) is 31.2 Å². The smallest absolute Gasteiger partial charge is 0.143 e. The molecule has 2 rings (SSSR count). The van der Waals surface area contributed by atoms with Crippen LogP contribution in [-0.2, 0) is 4.74 Å². The van der Waals surface area contributed by atoms with Gasteiger partial charge in [0.15, 0.2) is 0 Å².